The Balaban J connectivity index is 3.31. The number of hydrogen-bond donors (Lipinski definition) is 0. The van der Waals surface area contributed by atoms with E-state index in [1.54, 1.807) is 12.2 Å². The van der Waals surface area contributed by atoms with Gasteiger partial charge in [0.05, 0.1) is 0 Å². The van der Waals surface area contributed by atoms with Gasteiger partial charge in [0.1, 0.15) is 16.1 Å². The standard InChI is InChI=1S/C12H16OSi/c1-4-12(5-2,13-14)11-9-7-6-8-10(11)3/h4-9H,1-2H2,3,14H3. The first-order chi connectivity index (χ1) is 6.70. The summed E-state index contributed by atoms with van der Waals surface area (Å²) in [7, 11) is 0.656. The van der Waals surface area contributed by atoms with Gasteiger partial charge in [-0.25, -0.2) is 0 Å². The molecule has 0 fully saturated rings. The molecule has 1 aromatic rings. The predicted octanol–water partition coefficient (Wildman–Crippen LogP) is 1.86. The molecule has 0 amide bonds. The summed E-state index contributed by atoms with van der Waals surface area (Å²) in [5.74, 6) is 0. The van der Waals surface area contributed by atoms with Crippen molar-refractivity contribution in [1.29, 1.82) is 0 Å². The van der Waals surface area contributed by atoms with Crippen LogP contribution in [0.25, 0.3) is 0 Å². The van der Waals surface area contributed by atoms with E-state index < -0.39 is 5.60 Å². The molecule has 74 valence electrons. The lowest BCUT2D eigenvalue weighted by atomic mass is 9.90. The van der Waals surface area contributed by atoms with Crippen molar-refractivity contribution < 1.29 is 4.43 Å². The highest BCUT2D eigenvalue weighted by atomic mass is 28.2. The van der Waals surface area contributed by atoms with E-state index in [0.29, 0.717) is 10.5 Å². The van der Waals surface area contributed by atoms with Crippen LogP contribution in [0.2, 0.25) is 0 Å². The molecule has 0 aliphatic heterocycles. The highest BCUT2D eigenvalue weighted by Gasteiger charge is 2.24. The molecular formula is C12H16OSi. The van der Waals surface area contributed by atoms with Crippen molar-refractivity contribution in [2.45, 2.75) is 12.5 Å². The summed E-state index contributed by atoms with van der Waals surface area (Å²) in [6.07, 6.45) is 3.60. The molecule has 0 heterocycles. The van der Waals surface area contributed by atoms with E-state index in [0.717, 1.165) is 5.56 Å². The molecular weight excluding hydrogens is 188 g/mol. The maximum Gasteiger partial charge on any atom is 0.148 e. The molecule has 14 heavy (non-hydrogen) atoms. The summed E-state index contributed by atoms with van der Waals surface area (Å²) in [5, 5.41) is 0. The monoisotopic (exact) mass is 204 g/mol. The van der Waals surface area contributed by atoms with Gasteiger partial charge < -0.3 is 4.43 Å². The quantitative estimate of drug-likeness (QED) is 0.537. The maximum absolute atomic E-state index is 5.61. The highest BCUT2D eigenvalue weighted by Crippen LogP contribution is 2.29. The predicted molar refractivity (Wildman–Crippen MR) is 64.3 cm³/mol. The molecule has 0 unspecified atom stereocenters. The van der Waals surface area contributed by atoms with Crippen molar-refractivity contribution in [2.24, 2.45) is 0 Å². The minimum atomic E-state index is -0.502. The molecule has 0 radical (unpaired) electrons. The van der Waals surface area contributed by atoms with Gasteiger partial charge in [0.15, 0.2) is 0 Å². The third kappa shape index (κ3) is 1.71. The molecule has 0 aliphatic rings. The Kier molecular flexibility index (Phi) is 3.44. The van der Waals surface area contributed by atoms with Crippen molar-refractivity contribution in [3.05, 3.63) is 60.7 Å². The van der Waals surface area contributed by atoms with E-state index in [4.69, 9.17) is 4.43 Å². The zero-order chi connectivity index (χ0) is 10.6. The Hall–Kier alpha value is -1.12. The lowest BCUT2D eigenvalue weighted by molar-refractivity contribution is 0.192. The third-order valence-corrected chi connectivity index (χ3v) is 3.19. The van der Waals surface area contributed by atoms with Gasteiger partial charge in [-0.1, -0.05) is 49.6 Å². The van der Waals surface area contributed by atoms with Crippen molar-refractivity contribution in [3.8, 4) is 0 Å². The van der Waals surface area contributed by atoms with Crippen LogP contribution in [0.5, 0.6) is 0 Å². The molecule has 0 aliphatic carbocycles. The van der Waals surface area contributed by atoms with E-state index >= 15 is 0 Å². The summed E-state index contributed by atoms with van der Waals surface area (Å²) in [6.45, 7) is 9.70. The fraction of sp³-hybridized carbons (Fsp3) is 0.167. The van der Waals surface area contributed by atoms with Crippen LogP contribution in [-0.4, -0.2) is 10.5 Å². The molecule has 0 saturated heterocycles. The number of hydrogen-bond acceptors (Lipinski definition) is 1. The first-order valence-electron chi connectivity index (χ1n) is 4.58. The van der Waals surface area contributed by atoms with Crippen LogP contribution in [0.4, 0.5) is 0 Å². The maximum atomic E-state index is 5.61. The Morgan fingerprint density at radius 1 is 1.29 bits per heavy atom. The normalized spacial score (nSPS) is 11.2. The zero-order valence-corrected chi connectivity index (χ0v) is 10.8. The Bertz CT molecular complexity index is 336. The Labute approximate surface area is 88.6 Å². The average molecular weight is 204 g/mol. The zero-order valence-electron chi connectivity index (χ0n) is 8.79. The lowest BCUT2D eigenvalue weighted by Gasteiger charge is -2.28. The SMILES string of the molecule is C=CC(C=C)(O[SiH3])c1ccccc1C. The van der Waals surface area contributed by atoms with Gasteiger partial charge in [-0.05, 0) is 18.1 Å². The number of rotatable bonds is 4. The van der Waals surface area contributed by atoms with Gasteiger partial charge in [0.25, 0.3) is 0 Å². The molecule has 2 heteroatoms. The van der Waals surface area contributed by atoms with Crippen molar-refractivity contribution >= 4 is 10.5 Å². The molecule has 0 aromatic heterocycles. The summed E-state index contributed by atoms with van der Waals surface area (Å²) in [6, 6.07) is 8.14. The van der Waals surface area contributed by atoms with Crippen LogP contribution < -0.4 is 0 Å². The van der Waals surface area contributed by atoms with E-state index in [9.17, 15) is 0 Å². The van der Waals surface area contributed by atoms with E-state index in [2.05, 4.69) is 32.2 Å². The van der Waals surface area contributed by atoms with Crippen LogP contribution in [0, 0.1) is 6.92 Å². The van der Waals surface area contributed by atoms with E-state index in [1.165, 1.54) is 5.56 Å². The molecule has 1 aromatic carbocycles. The molecule has 0 spiro atoms. The van der Waals surface area contributed by atoms with Crippen LogP contribution in [0.3, 0.4) is 0 Å². The smallest absolute Gasteiger partial charge is 0.148 e. The van der Waals surface area contributed by atoms with Crippen molar-refractivity contribution in [1.82, 2.24) is 0 Å². The van der Waals surface area contributed by atoms with Crippen molar-refractivity contribution in [2.75, 3.05) is 0 Å². The third-order valence-electron chi connectivity index (χ3n) is 2.51. The van der Waals surface area contributed by atoms with E-state index in [-0.39, 0.29) is 0 Å². The Morgan fingerprint density at radius 2 is 1.86 bits per heavy atom. The van der Waals surface area contributed by atoms with Crippen LogP contribution >= 0.6 is 0 Å². The fourth-order valence-corrected chi connectivity index (χ4v) is 2.14. The lowest BCUT2D eigenvalue weighted by Crippen LogP contribution is -2.24. The van der Waals surface area contributed by atoms with Crippen LogP contribution in [0.15, 0.2) is 49.6 Å². The molecule has 0 saturated carbocycles. The van der Waals surface area contributed by atoms with Crippen LogP contribution in [0.1, 0.15) is 11.1 Å². The second kappa shape index (κ2) is 4.40. The summed E-state index contributed by atoms with van der Waals surface area (Å²) in [5.41, 5.74) is 1.82. The van der Waals surface area contributed by atoms with Gasteiger partial charge in [-0.15, -0.1) is 0 Å². The van der Waals surface area contributed by atoms with Crippen molar-refractivity contribution in [3.63, 3.8) is 0 Å². The van der Waals surface area contributed by atoms with Gasteiger partial charge in [0.2, 0.25) is 0 Å². The minimum Gasteiger partial charge on any atom is -0.412 e. The topological polar surface area (TPSA) is 9.23 Å². The second-order valence-electron chi connectivity index (χ2n) is 3.22. The van der Waals surface area contributed by atoms with Gasteiger partial charge in [-0.2, -0.15) is 0 Å². The van der Waals surface area contributed by atoms with Gasteiger partial charge >= 0.3 is 0 Å². The van der Waals surface area contributed by atoms with Gasteiger partial charge in [-0.3, -0.25) is 0 Å². The second-order valence-corrected chi connectivity index (χ2v) is 3.63. The largest absolute Gasteiger partial charge is 0.412 e. The molecule has 0 atom stereocenters. The number of benzene rings is 1. The number of aryl methyl sites for hydroxylation is 1. The van der Waals surface area contributed by atoms with E-state index in [1.807, 2.05) is 12.1 Å². The molecule has 0 N–H and O–H groups in total. The highest BCUT2D eigenvalue weighted by molar-refractivity contribution is 5.98. The first-order valence-corrected chi connectivity index (χ1v) is 5.40. The van der Waals surface area contributed by atoms with Gasteiger partial charge in [0, 0.05) is 0 Å². The summed E-state index contributed by atoms with van der Waals surface area (Å²) >= 11 is 0. The Morgan fingerprint density at radius 3 is 2.29 bits per heavy atom. The van der Waals surface area contributed by atoms with Crippen LogP contribution in [-0.2, 0) is 10.0 Å². The fourth-order valence-electron chi connectivity index (χ4n) is 1.59. The molecule has 0 bridgehead atoms. The summed E-state index contributed by atoms with van der Waals surface area (Å²) < 4.78 is 5.61. The minimum absolute atomic E-state index is 0.502. The molecule has 1 rings (SSSR count). The molecule has 1 nitrogen and oxygen atoms in total. The average Bonchev–Trinajstić information content (AvgIpc) is 2.24. The first kappa shape index (κ1) is 11.0. The summed E-state index contributed by atoms with van der Waals surface area (Å²) in [4.78, 5) is 0.